The van der Waals surface area contributed by atoms with Crippen LogP contribution in [0.25, 0.3) is 0 Å². The molecule has 168 valence electrons. The lowest BCUT2D eigenvalue weighted by atomic mass is 9.63. The van der Waals surface area contributed by atoms with Crippen LogP contribution in [0, 0.1) is 42.4 Å². The number of anilines is 1. The summed E-state index contributed by atoms with van der Waals surface area (Å²) < 4.78 is 5.52. The number of hydrogen-bond acceptors (Lipinski definition) is 4. The van der Waals surface area contributed by atoms with E-state index in [0.29, 0.717) is 28.8 Å². The highest BCUT2D eigenvalue weighted by molar-refractivity contribution is 6.10. The van der Waals surface area contributed by atoms with E-state index in [9.17, 15) is 14.4 Å². The minimum Gasteiger partial charge on any atom is -0.495 e. The number of imide groups is 1. The van der Waals surface area contributed by atoms with Gasteiger partial charge in [0, 0.05) is 5.56 Å². The molecule has 0 radical (unpaired) electrons. The zero-order chi connectivity index (χ0) is 22.9. The molecule has 1 heterocycles. The van der Waals surface area contributed by atoms with E-state index in [4.69, 9.17) is 4.74 Å². The molecule has 6 heteroatoms. The number of methoxy groups -OCH3 is 1. The first-order valence-corrected chi connectivity index (χ1v) is 11.5. The molecule has 6 atom stereocenters. The van der Waals surface area contributed by atoms with Gasteiger partial charge in [-0.3, -0.25) is 24.2 Å². The second-order valence-corrected chi connectivity index (χ2v) is 9.67. The van der Waals surface area contributed by atoms with Gasteiger partial charge in [0.25, 0.3) is 5.91 Å². The normalized spacial score (nSPS) is 30.8. The summed E-state index contributed by atoms with van der Waals surface area (Å²) in [4.78, 5) is 43.5. The van der Waals surface area contributed by atoms with Gasteiger partial charge < -0.3 is 4.74 Å². The maximum atomic E-state index is 13.6. The van der Waals surface area contributed by atoms with Crippen LogP contribution in [-0.4, -0.2) is 36.4 Å². The Labute approximate surface area is 192 Å². The Morgan fingerprint density at radius 3 is 2.18 bits per heavy atom. The fourth-order valence-corrected chi connectivity index (χ4v) is 6.25. The van der Waals surface area contributed by atoms with E-state index in [1.807, 2.05) is 31.2 Å². The molecule has 1 saturated heterocycles. The van der Waals surface area contributed by atoms with Gasteiger partial charge in [0.1, 0.15) is 12.4 Å². The third kappa shape index (κ3) is 2.96. The highest BCUT2D eigenvalue weighted by Crippen LogP contribution is 2.65. The number of para-hydroxylation sites is 2. The summed E-state index contributed by atoms with van der Waals surface area (Å²) in [6.07, 6.45) is 5.43. The van der Waals surface area contributed by atoms with Crippen molar-refractivity contribution < 1.29 is 19.1 Å². The van der Waals surface area contributed by atoms with Gasteiger partial charge in [-0.2, -0.15) is 0 Å². The minimum absolute atomic E-state index is 0.119. The van der Waals surface area contributed by atoms with Crippen LogP contribution in [0.1, 0.15) is 22.3 Å². The number of benzene rings is 2. The maximum Gasteiger partial charge on any atom is 0.259 e. The van der Waals surface area contributed by atoms with Gasteiger partial charge in [0.15, 0.2) is 0 Å². The Bertz CT molecular complexity index is 1150. The summed E-state index contributed by atoms with van der Waals surface area (Å²) >= 11 is 0. The molecule has 3 amide bonds. The number of likely N-dealkylation sites (tertiary alicyclic amines) is 1. The number of nitrogens with zero attached hydrogens (tertiary/aromatic N) is 2. The second kappa shape index (κ2) is 7.30. The number of carbonyl (C=O) groups excluding carboxylic acids is 3. The fraction of sp³-hybridized carbons (Fsp3) is 0.370. The van der Waals surface area contributed by atoms with E-state index < -0.39 is 0 Å². The van der Waals surface area contributed by atoms with Gasteiger partial charge in [-0.05, 0) is 61.3 Å². The Morgan fingerprint density at radius 1 is 0.970 bits per heavy atom. The largest absolute Gasteiger partial charge is 0.495 e. The van der Waals surface area contributed by atoms with E-state index in [-0.39, 0.29) is 48.1 Å². The van der Waals surface area contributed by atoms with E-state index in [0.717, 1.165) is 12.0 Å². The molecule has 6 nitrogen and oxygen atoms in total. The van der Waals surface area contributed by atoms with Gasteiger partial charge in [-0.1, -0.05) is 42.0 Å². The lowest BCUT2D eigenvalue weighted by Crippen LogP contribution is -2.45. The van der Waals surface area contributed by atoms with Gasteiger partial charge in [-0.25, -0.2) is 0 Å². The first kappa shape index (κ1) is 20.2. The number of hydrogen-bond donors (Lipinski definition) is 0. The van der Waals surface area contributed by atoms with E-state index in [1.165, 1.54) is 9.80 Å². The van der Waals surface area contributed by atoms with E-state index in [1.54, 1.807) is 31.4 Å². The lowest BCUT2D eigenvalue weighted by Gasteiger charge is -2.37. The van der Waals surface area contributed by atoms with Crippen LogP contribution in [0.5, 0.6) is 5.75 Å². The standard InChI is InChI=1S/C27H26N2O4/c1-15-7-9-16(10-8-15)25(30)28(21-5-3-4-6-22(21)33-2)14-29-26(31)23-17-11-12-18(20-13-19(17)20)24(23)27(29)32/h3-12,17-20,23-24H,13-14H2,1-2H3. The van der Waals surface area contributed by atoms with Crippen LogP contribution in [0.15, 0.2) is 60.7 Å². The first-order valence-electron chi connectivity index (χ1n) is 11.5. The van der Waals surface area contributed by atoms with Crippen molar-refractivity contribution in [3.8, 4) is 5.75 Å². The van der Waals surface area contributed by atoms with Crippen molar-refractivity contribution in [1.82, 2.24) is 4.90 Å². The number of ether oxygens (including phenoxy) is 1. The molecule has 2 bridgehead atoms. The summed E-state index contributed by atoms with van der Waals surface area (Å²) in [6, 6.07) is 14.5. The lowest BCUT2D eigenvalue weighted by molar-refractivity contribution is -0.140. The van der Waals surface area contributed by atoms with Crippen LogP contribution in [-0.2, 0) is 9.59 Å². The van der Waals surface area contributed by atoms with Crippen molar-refractivity contribution in [2.45, 2.75) is 13.3 Å². The summed E-state index contributed by atoms with van der Waals surface area (Å²) in [5.74, 6) is 0.748. The van der Waals surface area contributed by atoms with Crippen LogP contribution < -0.4 is 9.64 Å². The molecule has 4 aliphatic carbocycles. The van der Waals surface area contributed by atoms with Crippen molar-refractivity contribution in [2.75, 3.05) is 18.7 Å². The molecule has 0 N–H and O–H groups in total. The third-order valence-corrected chi connectivity index (χ3v) is 7.96. The molecule has 2 saturated carbocycles. The molecular weight excluding hydrogens is 416 g/mol. The summed E-state index contributed by atoms with van der Waals surface area (Å²) in [5.41, 5.74) is 2.07. The van der Waals surface area contributed by atoms with Crippen molar-refractivity contribution in [3.05, 3.63) is 71.8 Å². The average molecular weight is 443 g/mol. The Kier molecular flexibility index (Phi) is 4.47. The first-order chi connectivity index (χ1) is 16.0. The van der Waals surface area contributed by atoms with Crippen LogP contribution in [0.4, 0.5) is 5.69 Å². The highest BCUT2D eigenvalue weighted by atomic mass is 16.5. The minimum atomic E-state index is -0.287. The number of allylic oxidation sites excluding steroid dienone is 2. The molecular formula is C27H26N2O4. The molecule has 6 unspecified atom stereocenters. The fourth-order valence-electron chi connectivity index (χ4n) is 6.25. The molecule has 0 spiro atoms. The molecule has 2 aromatic carbocycles. The monoisotopic (exact) mass is 442 g/mol. The maximum absolute atomic E-state index is 13.6. The predicted octanol–water partition coefficient (Wildman–Crippen LogP) is 3.66. The molecule has 3 fully saturated rings. The number of rotatable bonds is 5. The quantitative estimate of drug-likeness (QED) is 0.524. The number of amides is 3. The Morgan fingerprint density at radius 2 is 1.58 bits per heavy atom. The molecule has 5 aliphatic rings. The Hall–Kier alpha value is -3.41. The molecule has 2 aromatic rings. The number of carbonyl (C=O) groups is 3. The van der Waals surface area contributed by atoms with Gasteiger partial charge in [0.05, 0.1) is 24.6 Å². The molecule has 1 aliphatic heterocycles. The summed E-state index contributed by atoms with van der Waals surface area (Å²) in [6.45, 7) is 1.84. The molecule has 0 aromatic heterocycles. The van der Waals surface area contributed by atoms with Crippen LogP contribution in [0.2, 0.25) is 0 Å². The Balaban J connectivity index is 1.36. The zero-order valence-corrected chi connectivity index (χ0v) is 18.7. The smallest absolute Gasteiger partial charge is 0.259 e. The van der Waals surface area contributed by atoms with Crippen molar-refractivity contribution in [2.24, 2.45) is 35.5 Å². The average Bonchev–Trinajstić information content (AvgIpc) is 3.62. The summed E-state index contributed by atoms with van der Waals surface area (Å²) in [7, 11) is 1.55. The number of aryl methyl sites for hydroxylation is 1. The molecule has 33 heavy (non-hydrogen) atoms. The second-order valence-electron chi connectivity index (χ2n) is 9.67. The topological polar surface area (TPSA) is 66.9 Å². The van der Waals surface area contributed by atoms with Crippen molar-refractivity contribution in [3.63, 3.8) is 0 Å². The van der Waals surface area contributed by atoms with Crippen LogP contribution in [0.3, 0.4) is 0 Å². The van der Waals surface area contributed by atoms with E-state index >= 15 is 0 Å². The van der Waals surface area contributed by atoms with Gasteiger partial charge >= 0.3 is 0 Å². The highest BCUT2D eigenvalue weighted by Gasteiger charge is 2.67. The zero-order valence-electron chi connectivity index (χ0n) is 18.7. The molecule has 7 rings (SSSR count). The van der Waals surface area contributed by atoms with Crippen LogP contribution >= 0.6 is 0 Å². The van der Waals surface area contributed by atoms with E-state index in [2.05, 4.69) is 12.2 Å². The van der Waals surface area contributed by atoms with Gasteiger partial charge in [-0.15, -0.1) is 0 Å². The SMILES string of the molecule is COc1ccccc1N(CN1C(=O)C2C3C=CC(C4CC34)C2C1=O)C(=O)c1ccc(C)cc1. The van der Waals surface area contributed by atoms with Crippen molar-refractivity contribution in [1.29, 1.82) is 0 Å². The third-order valence-electron chi connectivity index (χ3n) is 7.96. The summed E-state index contributed by atoms with van der Waals surface area (Å²) in [5, 5.41) is 0. The van der Waals surface area contributed by atoms with Gasteiger partial charge in [0.2, 0.25) is 11.8 Å². The predicted molar refractivity (Wildman–Crippen MR) is 122 cm³/mol. The van der Waals surface area contributed by atoms with Crippen molar-refractivity contribution >= 4 is 23.4 Å².